The van der Waals surface area contributed by atoms with Gasteiger partial charge in [-0.05, 0) is 56.9 Å². The van der Waals surface area contributed by atoms with Gasteiger partial charge in [-0.1, -0.05) is 27.7 Å². The van der Waals surface area contributed by atoms with Crippen molar-refractivity contribution in [2.24, 2.45) is 23.0 Å². The summed E-state index contributed by atoms with van der Waals surface area (Å²) >= 11 is 0. The van der Waals surface area contributed by atoms with Crippen molar-refractivity contribution in [1.29, 1.82) is 0 Å². The molecule has 1 aliphatic carbocycles. The average molecular weight is 254 g/mol. The van der Waals surface area contributed by atoms with Gasteiger partial charge in [0.15, 0.2) is 0 Å². The second kappa shape index (κ2) is 6.38. The van der Waals surface area contributed by atoms with Crippen molar-refractivity contribution in [3.63, 3.8) is 0 Å². The molecule has 108 valence electrons. The number of nitrogens with two attached hydrogens (primary N) is 1. The van der Waals surface area contributed by atoms with E-state index in [1.165, 1.54) is 32.2 Å². The summed E-state index contributed by atoms with van der Waals surface area (Å²) in [6.45, 7) is 12.9. The summed E-state index contributed by atoms with van der Waals surface area (Å²) in [5.74, 6) is 1.52. The van der Waals surface area contributed by atoms with Gasteiger partial charge in [0.05, 0.1) is 0 Å². The van der Waals surface area contributed by atoms with E-state index in [1.807, 2.05) is 0 Å². The number of hydrogen-bond acceptors (Lipinski definition) is 2. The fourth-order valence-electron chi connectivity index (χ4n) is 3.15. The van der Waals surface area contributed by atoms with Crippen molar-refractivity contribution in [3.8, 4) is 0 Å². The van der Waals surface area contributed by atoms with Crippen molar-refractivity contribution in [1.82, 2.24) is 4.90 Å². The maximum absolute atomic E-state index is 6.35. The van der Waals surface area contributed by atoms with Crippen LogP contribution in [-0.2, 0) is 0 Å². The van der Waals surface area contributed by atoms with Crippen molar-refractivity contribution in [2.45, 2.75) is 72.4 Å². The van der Waals surface area contributed by atoms with Gasteiger partial charge in [0.2, 0.25) is 0 Å². The molecule has 1 saturated carbocycles. The second-order valence-electron chi connectivity index (χ2n) is 7.50. The Morgan fingerprint density at radius 1 is 1.28 bits per heavy atom. The normalized spacial score (nSPS) is 31.7. The molecule has 0 radical (unpaired) electrons. The summed E-state index contributed by atoms with van der Waals surface area (Å²) in [6.07, 6.45) is 5.06. The van der Waals surface area contributed by atoms with Gasteiger partial charge in [-0.15, -0.1) is 0 Å². The van der Waals surface area contributed by atoms with Crippen molar-refractivity contribution in [2.75, 3.05) is 13.6 Å². The minimum Gasteiger partial charge on any atom is -0.327 e. The molecular formula is C16H34N2. The molecule has 18 heavy (non-hydrogen) atoms. The van der Waals surface area contributed by atoms with E-state index in [9.17, 15) is 0 Å². The average Bonchev–Trinajstić information content (AvgIpc) is 2.29. The van der Waals surface area contributed by atoms with Gasteiger partial charge in [0.25, 0.3) is 0 Å². The molecule has 0 amide bonds. The Kier molecular flexibility index (Phi) is 5.67. The summed E-state index contributed by atoms with van der Waals surface area (Å²) in [7, 11) is 2.25. The highest BCUT2D eigenvalue weighted by Gasteiger charge is 2.34. The van der Waals surface area contributed by atoms with E-state index in [2.05, 4.69) is 46.6 Å². The highest BCUT2D eigenvalue weighted by atomic mass is 15.1. The molecule has 4 unspecified atom stereocenters. The molecule has 1 fully saturated rings. The monoisotopic (exact) mass is 254 g/mol. The van der Waals surface area contributed by atoms with E-state index in [4.69, 9.17) is 5.73 Å². The lowest BCUT2D eigenvalue weighted by atomic mass is 9.67. The lowest BCUT2D eigenvalue weighted by molar-refractivity contribution is 0.0958. The summed E-state index contributed by atoms with van der Waals surface area (Å²) < 4.78 is 0. The third-order valence-electron chi connectivity index (χ3n) is 5.13. The highest BCUT2D eigenvalue weighted by Crippen LogP contribution is 2.40. The predicted octanol–water partition coefficient (Wildman–Crippen LogP) is 3.51. The first-order chi connectivity index (χ1) is 8.25. The van der Waals surface area contributed by atoms with Crippen molar-refractivity contribution in [3.05, 3.63) is 0 Å². The molecule has 2 nitrogen and oxygen atoms in total. The third-order valence-corrected chi connectivity index (χ3v) is 5.13. The van der Waals surface area contributed by atoms with Crippen LogP contribution in [0.1, 0.15) is 60.3 Å². The summed E-state index contributed by atoms with van der Waals surface area (Å²) in [6, 6.07) is 1.09. The maximum atomic E-state index is 6.35. The number of hydrogen-bond donors (Lipinski definition) is 1. The van der Waals surface area contributed by atoms with Crippen LogP contribution in [0.4, 0.5) is 0 Å². The van der Waals surface area contributed by atoms with E-state index in [0.717, 1.165) is 5.92 Å². The smallest absolute Gasteiger partial charge is 0.00795 e. The van der Waals surface area contributed by atoms with Crippen molar-refractivity contribution < 1.29 is 0 Å². The predicted molar refractivity (Wildman–Crippen MR) is 80.6 cm³/mol. The molecule has 0 spiro atoms. The van der Waals surface area contributed by atoms with Gasteiger partial charge in [0, 0.05) is 18.6 Å². The van der Waals surface area contributed by atoms with Crippen LogP contribution in [-0.4, -0.2) is 30.6 Å². The van der Waals surface area contributed by atoms with Gasteiger partial charge in [-0.2, -0.15) is 0 Å². The summed E-state index contributed by atoms with van der Waals surface area (Å²) in [5, 5.41) is 0. The van der Waals surface area contributed by atoms with Gasteiger partial charge in [-0.25, -0.2) is 0 Å². The topological polar surface area (TPSA) is 29.3 Å². The Balaban J connectivity index is 2.57. The van der Waals surface area contributed by atoms with Crippen LogP contribution in [0, 0.1) is 17.3 Å². The van der Waals surface area contributed by atoms with Crippen molar-refractivity contribution >= 4 is 0 Å². The molecule has 0 aromatic rings. The number of rotatable bonds is 4. The molecule has 0 heterocycles. The van der Waals surface area contributed by atoms with Crippen LogP contribution in [0.5, 0.6) is 0 Å². The highest BCUT2D eigenvalue weighted by molar-refractivity contribution is 4.88. The zero-order valence-electron chi connectivity index (χ0n) is 13.4. The molecule has 0 aromatic carbocycles. The van der Waals surface area contributed by atoms with Crippen LogP contribution in [0.25, 0.3) is 0 Å². The minimum atomic E-state index is 0.412. The molecular weight excluding hydrogens is 220 g/mol. The first-order valence-electron chi connectivity index (χ1n) is 7.71. The molecule has 2 heteroatoms. The van der Waals surface area contributed by atoms with E-state index in [0.29, 0.717) is 23.4 Å². The SMILES string of the molecule is CCC(C)N(C)CC1CC(C(C)(C)C)CCC1N. The molecule has 2 N–H and O–H groups in total. The summed E-state index contributed by atoms with van der Waals surface area (Å²) in [5.41, 5.74) is 6.79. The van der Waals surface area contributed by atoms with Crippen LogP contribution in [0.3, 0.4) is 0 Å². The molecule has 0 aliphatic heterocycles. The Labute approximate surface area is 114 Å². The second-order valence-corrected chi connectivity index (χ2v) is 7.50. The molecule has 1 rings (SSSR count). The molecule has 0 aromatic heterocycles. The van der Waals surface area contributed by atoms with Gasteiger partial charge in [-0.3, -0.25) is 0 Å². The van der Waals surface area contributed by atoms with Gasteiger partial charge in [0.1, 0.15) is 0 Å². The zero-order valence-corrected chi connectivity index (χ0v) is 13.4. The third kappa shape index (κ3) is 4.24. The Morgan fingerprint density at radius 2 is 1.89 bits per heavy atom. The molecule has 1 aliphatic rings. The van der Waals surface area contributed by atoms with E-state index in [-0.39, 0.29) is 0 Å². The zero-order chi connectivity index (χ0) is 13.9. The fraction of sp³-hybridized carbons (Fsp3) is 1.00. The Hall–Kier alpha value is -0.0800. The lowest BCUT2D eigenvalue weighted by Gasteiger charge is -2.42. The summed E-state index contributed by atoms with van der Waals surface area (Å²) in [4.78, 5) is 2.50. The molecule has 4 atom stereocenters. The van der Waals surface area contributed by atoms with E-state index >= 15 is 0 Å². The fourth-order valence-corrected chi connectivity index (χ4v) is 3.15. The molecule has 0 saturated heterocycles. The standard InChI is InChI=1S/C16H34N2/c1-7-12(2)18(6)11-13-10-14(16(3,4)5)8-9-15(13)17/h12-15H,7-11,17H2,1-6H3. The Morgan fingerprint density at radius 3 is 2.39 bits per heavy atom. The van der Waals surface area contributed by atoms with Crippen LogP contribution in [0.15, 0.2) is 0 Å². The Bertz CT molecular complexity index is 244. The van der Waals surface area contributed by atoms with E-state index < -0.39 is 0 Å². The first-order valence-corrected chi connectivity index (χ1v) is 7.71. The first kappa shape index (κ1) is 16.0. The number of nitrogens with zero attached hydrogens (tertiary/aromatic N) is 1. The van der Waals surface area contributed by atoms with E-state index in [1.54, 1.807) is 0 Å². The largest absolute Gasteiger partial charge is 0.327 e. The van der Waals surface area contributed by atoms with Crippen LogP contribution >= 0.6 is 0 Å². The van der Waals surface area contributed by atoms with Gasteiger partial charge < -0.3 is 10.6 Å². The van der Waals surface area contributed by atoms with Crippen LogP contribution in [0.2, 0.25) is 0 Å². The maximum Gasteiger partial charge on any atom is 0.00795 e. The van der Waals surface area contributed by atoms with Crippen LogP contribution < -0.4 is 5.73 Å². The quantitative estimate of drug-likeness (QED) is 0.832. The van der Waals surface area contributed by atoms with Gasteiger partial charge >= 0.3 is 0 Å². The minimum absolute atomic E-state index is 0.412. The molecule has 0 bridgehead atoms. The lowest BCUT2D eigenvalue weighted by Crippen LogP contribution is -2.45.